The second kappa shape index (κ2) is 4.50. The summed E-state index contributed by atoms with van der Waals surface area (Å²) < 4.78 is 1.71. The topological polar surface area (TPSA) is 76.7 Å². The first kappa shape index (κ1) is 11.5. The van der Waals surface area contributed by atoms with Gasteiger partial charge in [0.15, 0.2) is 0 Å². The molecule has 88 valence electrons. The maximum absolute atomic E-state index is 11.5. The van der Waals surface area contributed by atoms with Gasteiger partial charge in [0, 0.05) is 18.7 Å². The Morgan fingerprint density at radius 2 is 2.41 bits per heavy atom. The molecule has 0 spiro atoms. The van der Waals surface area contributed by atoms with Gasteiger partial charge in [-0.05, 0) is 12.1 Å². The fourth-order valence-electron chi connectivity index (χ4n) is 1.57. The zero-order valence-corrected chi connectivity index (χ0v) is 10.1. The monoisotopic (exact) mass is 248 g/mol. The van der Waals surface area contributed by atoms with E-state index in [2.05, 4.69) is 9.97 Å². The largest absolute Gasteiger partial charge is 0.388 e. The lowest BCUT2D eigenvalue weighted by molar-refractivity contribution is 0.872. The average molecular weight is 248 g/mol. The van der Waals surface area contributed by atoms with Gasteiger partial charge in [-0.2, -0.15) is 0 Å². The number of aromatic nitrogens is 3. The number of aromatic amines is 1. The summed E-state index contributed by atoms with van der Waals surface area (Å²) >= 11 is 4.94. The Morgan fingerprint density at radius 3 is 3.06 bits per heavy atom. The Kier molecular flexibility index (Phi) is 3.06. The van der Waals surface area contributed by atoms with Crippen LogP contribution in [-0.2, 0) is 6.42 Å². The zero-order chi connectivity index (χ0) is 12.4. The highest BCUT2D eigenvalue weighted by molar-refractivity contribution is 7.80. The number of thiocarbonyl (C=S) groups is 1. The summed E-state index contributed by atoms with van der Waals surface area (Å²) in [5, 5.41) is 0. The Labute approximate surface area is 103 Å². The third kappa shape index (κ3) is 2.26. The normalized spacial score (nSPS) is 10.4. The summed E-state index contributed by atoms with van der Waals surface area (Å²) in [5.41, 5.74) is 6.08. The number of nitrogens with two attached hydrogens (primary N) is 1. The molecule has 2 rings (SSSR count). The van der Waals surface area contributed by atoms with Crippen molar-refractivity contribution in [1.82, 2.24) is 14.5 Å². The molecule has 6 heteroatoms. The van der Waals surface area contributed by atoms with Crippen molar-refractivity contribution in [2.75, 3.05) is 0 Å². The van der Waals surface area contributed by atoms with Crippen LogP contribution in [0.1, 0.15) is 18.4 Å². The molecule has 0 unspecified atom stereocenters. The van der Waals surface area contributed by atoms with Crippen molar-refractivity contribution in [3.05, 3.63) is 46.3 Å². The van der Waals surface area contributed by atoms with Gasteiger partial charge in [0.25, 0.3) is 5.56 Å². The van der Waals surface area contributed by atoms with Crippen LogP contribution in [0.5, 0.6) is 0 Å². The number of nitrogens with one attached hydrogen (secondary N) is 1. The second-order valence-electron chi connectivity index (χ2n) is 3.53. The highest BCUT2D eigenvalue weighted by Crippen LogP contribution is 2.09. The SMILES string of the molecule is CCc1nc(-n2cccc2C(N)=S)cc(=O)[nH]1. The van der Waals surface area contributed by atoms with Crippen molar-refractivity contribution < 1.29 is 0 Å². The molecule has 0 bridgehead atoms. The quantitative estimate of drug-likeness (QED) is 0.786. The number of aryl methyl sites for hydroxylation is 1. The van der Waals surface area contributed by atoms with Gasteiger partial charge in [-0.25, -0.2) is 4.98 Å². The molecule has 0 aliphatic carbocycles. The molecular weight excluding hydrogens is 236 g/mol. The summed E-state index contributed by atoms with van der Waals surface area (Å²) in [5.74, 6) is 1.16. The fraction of sp³-hybridized carbons (Fsp3) is 0.182. The smallest absolute Gasteiger partial charge is 0.253 e. The van der Waals surface area contributed by atoms with E-state index in [4.69, 9.17) is 18.0 Å². The number of hydrogen-bond donors (Lipinski definition) is 2. The van der Waals surface area contributed by atoms with Crippen LogP contribution in [0.4, 0.5) is 0 Å². The maximum atomic E-state index is 11.5. The van der Waals surface area contributed by atoms with E-state index in [-0.39, 0.29) is 10.5 Å². The van der Waals surface area contributed by atoms with Crippen molar-refractivity contribution in [2.24, 2.45) is 5.73 Å². The van der Waals surface area contributed by atoms with Crippen LogP contribution >= 0.6 is 12.2 Å². The summed E-state index contributed by atoms with van der Waals surface area (Å²) in [6.45, 7) is 1.92. The van der Waals surface area contributed by atoms with Crippen LogP contribution in [0, 0.1) is 0 Å². The van der Waals surface area contributed by atoms with Gasteiger partial charge in [-0.1, -0.05) is 19.1 Å². The van der Waals surface area contributed by atoms with E-state index in [1.165, 1.54) is 6.07 Å². The molecule has 2 heterocycles. The fourth-order valence-corrected chi connectivity index (χ4v) is 1.73. The van der Waals surface area contributed by atoms with Crippen LogP contribution in [0.2, 0.25) is 0 Å². The highest BCUT2D eigenvalue weighted by atomic mass is 32.1. The zero-order valence-electron chi connectivity index (χ0n) is 9.30. The second-order valence-corrected chi connectivity index (χ2v) is 3.97. The minimum atomic E-state index is -0.186. The van der Waals surface area contributed by atoms with Crippen LogP contribution in [0.3, 0.4) is 0 Å². The van der Waals surface area contributed by atoms with Crippen LogP contribution < -0.4 is 11.3 Å². The first-order valence-corrected chi connectivity index (χ1v) is 5.60. The number of rotatable bonds is 3. The minimum absolute atomic E-state index is 0.186. The predicted molar refractivity (Wildman–Crippen MR) is 69.5 cm³/mol. The van der Waals surface area contributed by atoms with Crippen LogP contribution in [0.15, 0.2) is 29.2 Å². The Morgan fingerprint density at radius 1 is 1.65 bits per heavy atom. The maximum Gasteiger partial charge on any atom is 0.253 e. The van der Waals surface area contributed by atoms with Crippen molar-refractivity contribution in [3.63, 3.8) is 0 Å². The summed E-state index contributed by atoms with van der Waals surface area (Å²) in [7, 11) is 0. The number of hydrogen-bond acceptors (Lipinski definition) is 3. The molecule has 17 heavy (non-hydrogen) atoms. The Balaban J connectivity index is 2.60. The van der Waals surface area contributed by atoms with Gasteiger partial charge < -0.3 is 10.7 Å². The van der Waals surface area contributed by atoms with E-state index < -0.39 is 0 Å². The lowest BCUT2D eigenvalue weighted by Gasteiger charge is -2.07. The third-order valence-corrected chi connectivity index (χ3v) is 2.57. The molecule has 0 aliphatic rings. The Bertz CT molecular complexity index is 614. The first-order chi connectivity index (χ1) is 8.11. The third-order valence-electron chi connectivity index (χ3n) is 2.36. The van der Waals surface area contributed by atoms with E-state index in [9.17, 15) is 4.79 Å². The molecule has 2 aromatic rings. The molecule has 0 aromatic carbocycles. The van der Waals surface area contributed by atoms with E-state index in [0.717, 1.165) is 0 Å². The molecule has 0 amide bonds. The van der Waals surface area contributed by atoms with Gasteiger partial charge >= 0.3 is 0 Å². The van der Waals surface area contributed by atoms with E-state index >= 15 is 0 Å². The van der Waals surface area contributed by atoms with Crippen molar-refractivity contribution in [2.45, 2.75) is 13.3 Å². The molecule has 0 fully saturated rings. The molecule has 0 atom stereocenters. The van der Waals surface area contributed by atoms with Gasteiger partial charge in [-0.15, -0.1) is 0 Å². The first-order valence-electron chi connectivity index (χ1n) is 5.19. The summed E-state index contributed by atoms with van der Waals surface area (Å²) in [6.07, 6.45) is 2.43. The lowest BCUT2D eigenvalue weighted by atomic mass is 10.4. The molecule has 3 N–H and O–H groups in total. The van der Waals surface area contributed by atoms with Crippen molar-refractivity contribution >= 4 is 17.2 Å². The Hall–Kier alpha value is -1.95. The van der Waals surface area contributed by atoms with Gasteiger partial charge in [0.1, 0.15) is 16.6 Å². The molecule has 0 aliphatic heterocycles. The molecule has 0 saturated heterocycles. The van der Waals surface area contributed by atoms with Crippen LogP contribution in [0.25, 0.3) is 5.82 Å². The van der Waals surface area contributed by atoms with Crippen molar-refractivity contribution in [1.29, 1.82) is 0 Å². The van der Waals surface area contributed by atoms with Crippen molar-refractivity contribution in [3.8, 4) is 5.82 Å². The minimum Gasteiger partial charge on any atom is -0.388 e. The summed E-state index contributed by atoms with van der Waals surface area (Å²) in [6, 6.07) is 5.01. The molecule has 5 nitrogen and oxygen atoms in total. The van der Waals surface area contributed by atoms with E-state index in [1.807, 2.05) is 13.0 Å². The predicted octanol–water partition coefficient (Wildman–Crippen LogP) is 0.757. The molecular formula is C11H12N4OS. The highest BCUT2D eigenvalue weighted by Gasteiger charge is 2.08. The molecule has 2 aromatic heterocycles. The van der Waals surface area contributed by atoms with Gasteiger partial charge in [-0.3, -0.25) is 9.36 Å². The lowest BCUT2D eigenvalue weighted by Crippen LogP contribution is -2.18. The molecule has 0 radical (unpaired) electrons. The molecule has 0 saturated carbocycles. The number of nitrogens with zero attached hydrogens (tertiary/aromatic N) is 2. The van der Waals surface area contributed by atoms with E-state index in [0.29, 0.717) is 23.8 Å². The average Bonchev–Trinajstić information content (AvgIpc) is 2.77. The van der Waals surface area contributed by atoms with Gasteiger partial charge in [0.05, 0.1) is 5.69 Å². The number of H-pyrrole nitrogens is 1. The summed E-state index contributed by atoms with van der Waals surface area (Å²) in [4.78, 5) is 18.7. The van der Waals surface area contributed by atoms with E-state index in [1.54, 1.807) is 16.8 Å². The standard InChI is InChI=1S/C11H12N4OS/c1-2-8-13-9(6-10(16)14-8)15-5-3-4-7(15)11(12)17/h3-6H,2H2,1H3,(H2,12,17)(H,13,14,16). The van der Waals surface area contributed by atoms with Gasteiger partial charge in [0.2, 0.25) is 0 Å². The van der Waals surface area contributed by atoms with Crippen LogP contribution in [-0.4, -0.2) is 19.5 Å².